The smallest absolute Gasteiger partial charge is 0.216 e. The molecule has 31 heavy (non-hydrogen) atoms. The molecule has 0 unspecified atom stereocenters. The van der Waals surface area contributed by atoms with Crippen LogP contribution in [0.5, 0.6) is 0 Å². The average molecular weight is 575 g/mol. The molecule has 0 aliphatic carbocycles. The largest absolute Gasteiger partial charge is 0.378 e. The van der Waals surface area contributed by atoms with Gasteiger partial charge in [-0.2, -0.15) is 4.31 Å². The SMILES string of the molecule is CN=C(NCCCN1CCCN(C)CC1)N1CCN(S(=O)(=O)CCOC(C)C)CC1.I. The summed E-state index contributed by atoms with van der Waals surface area (Å²) < 4.78 is 32.0. The molecule has 1 N–H and O–H groups in total. The molecule has 0 aromatic rings. The number of guanidine groups is 1. The number of halogens is 1. The third kappa shape index (κ3) is 10.5. The quantitative estimate of drug-likeness (QED) is 0.187. The number of aliphatic imine (C=N–C) groups is 1. The first-order chi connectivity index (χ1) is 14.3. The molecule has 2 fully saturated rings. The fourth-order valence-corrected chi connectivity index (χ4v) is 5.14. The molecule has 0 saturated carbocycles. The minimum atomic E-state index is -3.26. The van der Waals surface area contributed by atoms with Crippen LogP contribution in [0.2, 0.25) is 0 Å². The van der Waals surface area contributed by atoms with Crippen molar-refractivity contribution in [2.75, 3.05) is 91.9 Å². The highest BCUT2D eigenvalue weighted by Gasteiger charge is 2.28. The first-order valence-electron chi connectivity index (χ1n) is 11.3. The second-order valence-electron chi connectivity index (χ2n) is 8.45. The van der Waals surface area contributed by atoms with Crippen LogP contribution >= 0.6 is 24.0 Å². The summed E-state index contributed by atoms with van der Waals surface area (Å²) in [5.41, 5.74) is 0. The molecule has 2 heterocycles. The first-order valence-corrected chi connectivity index (χ1v) is 12.9. The number of hydrogen-bond acceptors (Lipinski definition) is 6. The Kier molecular flexibility index (Phi) is 13.8. The molecule has 2 rings (SSSR count). The number of piperazine rings is 1. The summed E-state index contributed by atoms with van der Waals surface area (Å²) >= 11 is 0. The fraction of sp³-hybridized carbons (Fsp3) is 0.950. The molecule has 11 heteroatoms. The number of sulfonamides is 1. The third-order valence-corrected chi connectivity index (χ3v) is 7.52. The Hall–Kier alpha value is -0.210. The maximum absolute atomic E-state index is 12.5. The van der Waals surface area contributed by atoms with Gasteiger partial charge in [-0.05, 0) is 53.4 Å². The monoisotopic (exact) mass is 574 g/mol. The molecule has 0 amide bonds. The number of ether oxygens (including phenoxy) is 1. The topological polar surface area (TPSA) is 80.7 Å². The number of hydrogen-bond donors (Lipinski definition) is 1. The van der Waals surface area contributed by atoms with Gasteiger partial charge in [0, 0.05) is 52.9 Å². The van der Waals surface area contributed by atoms with Gasteiger partial charge in [0.05, 0.1) is 18.5 Å². The van der Waals surface area contributed by atoms with Crippen molar-refractivity contribution in [3.8, 4) is 0 Å². The maximum atomic E-state index is 12.5. The standard InChI is InChI=1S/C20H42N6O3S.HI/c1-19(2)29-17-18-30(27,28)26-15-13-25(14-16-26)20(21-3)22-7-5-9-24-10-6-8-23(4)11-12-24;/h19H,5-18H2,1-4H3,(H,21,22);1H. The van der Waals surface area contributed by atoms with Crippen LogP contribution in [0.4, 0.5) is 0 Å². The summed E-state index contributed by atoms with van der Waals surface area (Å²) in [5.74, 6) is 0.913. The van der Waals surface area contributed by atoms with E-state index in [2.05, 4.69) is 32.1 Å². The summed E-state index contributed by atoms with van der Waals surface area (Å²) in [7, 11) is 0.722. The van der Waals surface area contributed by atoms with E-state index < -0.39 is 10.0 Å². The molecule has 0 atom stereocenters. The van der Waals surface area contributed by atoms with Gasteiger partial charge in [-0.25, -0.2) is 8.42 Å². The molecule has 0 radical (unpaired) electrons. The minimum absolute atomic E-state index is 0. The van der Waals surface area contributed by atoms with Crippen molar-refractivity contribution in [1.29, 1.82) is 0 Å². The van der Waals surface area contributed by atoms with Gasteiger partial charge in [0.15, 0.2) is 5.96 Å². The van der Waals surface area contributed by atoms with E-state index in [0.29, 0.717) is 26.2 Å². The first kappa shape index (κ1) is 28.8. The van der Waals surface area contributed by atoms with Crippen molar-refractivity contribution in [2.24, 2.45) is 4.99 Å². The van der Waals surface area contributed by atoms with Gasteiger partial charge in [0.1, 0.15) is 0 Å². The lowest BCUT2D eigenvalue weighted by Crippen LogP contribution is -2.54. The lowest BCUT2D eigenvalue weighted by molar-refractivity contribution is 0.0904. The molecule has 0 spiro atoms. The van der Waals surface area contributed by atoms with E-state index in [1.165, 1.54) is 19.5 Å². The van der Waals surface area contributed by atoms with Gasteiger partial charge in [0.25, 0.3) is 0 Å². The second kappa shape index (κ2) is 14.8. The van der Waals surface area contributed by atoms with Gasteiger partial charge < -0.3 is 24.8 Å². The van der Waals surface area contributed by atoms with Crippen molar-refractivity contribution in [2.45, 2.75) is 32.8 Å². The van der Waals surface area contributed by atoms with Gasteiger partial charge in [-0.15, -0.1) is 24.0 Å². The molecule has 2 saturated heterocycles. The predicted molar refractivity (Wildman–Crippen MR) is 138 cm³/mol. The van der Waals surface area contributed by atoms with Crippen molar-refractivity contribution < 1.29 is 13.2 Å². The molecular formula is C20H43IN6O3S. The highest BCUT2D eigenvalue weighted by atomic mass is 127. The van der Waals surface area contributed by atoms with E-state index in [9.17, 15) is 8.42 Å². The molecular weight excluding hydrogens is 531 g/mol. The highest BCUT2D eigenvalue weighted by molar-refractivity contribution is 14.0. The highest BCUT2D eigenvalue weighted by Crippen LogP contribution is 2.09. The Labute approximate surface area is 206 Å². The fourth-order valence-electron chi connectivity index (χ4n) is 3.86. The lowest BCUT2D eigenvalue weighted by Gasteiger charge is -2.36. The van der Waals surface area contributed by atoms with Crippen LogP contribution in [-0.4, -0.2) is 131 Å². The minimum Gasteiger partial charge on any atom is -0.378 e. The maximum Gasteiger partial charge on any atom is 0.216 e. The number of nitrogens with zero attached hydrogens (tertiary/aromatic N) is 5. The summed E-state index contributed by atoms with van der Waals surface area (Å²) in [6.07, 6.45) is 2.36. The zero-order chi connectivity index (χ0) is 22.0. The molecule has 2 aliphatic heterocycles. The van der Waals surface area contributed by atoms with Crippen molar-refractivity contribution >= 4 is 40.0 Å². The van der Waals surface area contributed by atoms with Gasteiger partial charge in [-0.1, -0.05) is 0 Å². The van der Waals surface area contributed by atoms with E-state index in [1.807, 2.05) is 13.8 Å². The van der Waals surface area contributed by atoms with Crippen LogP contribution in [-0.2, 0) is 14.8 Å². The molecule has 184 valence electrons. The lowest BCUT2D eigenvalue weighted by atomic mass is 10.3. The Bertz CT molecular complexity index is 626. The van der Waals surface area contributed by atoms with Crippen LogP contribution in [0, 0.1) is 0 Å². The Morgan fingerprint density at radius 2 is 1.77 bits per heavy atom. The van der Waals surface area contributed by atoms with Gasteiger partial charge in [0.2, 0.25) is 10.0 Å². The van der Waals surface area contributed by atoms with E-state index in [1.54, 1.807) is 11.4 Å². The Balaban J connectivity index is 0.00000480. The summed E-state index contributed by atoms with van der Waals surface area (Å²) in [5, 5.41) is 3.45. The Morgan fingerprint density at radius 1 is 1.06 bits per heavy atom. The van der Waals surface area contributed by atoms with Crippen LogP contribution in [0.1, 0.15) is 26.7 Å². The van der Waals surface area contributed by atoms with Crippen LogP contribution in [0.25, 0.3) is 0 Å². The average Bonchev–Trinajstić information content (AvgIpc) is 2.92. The zero-order valence-corrected chi connectivity index (χ0v) is 22.9. The number of rotatable bonds is 9. The van der Waals surface area contributed by atoms with Crippen LogP contribution in [0.3, 0.4) is 0 Å². The van der Waals surface area contributed by atoms with Crippen molar-refractivity contribution in [3.63, 3.8) is 0 Å². The molecule has 9 nitrogen and oxygen atoms in total. The number of likely N-dealkylation sites (N-methyl/N-ethyl adjacent to an activating group) is 1. The van der Waals surface area contributed by atoms with E-state index in [0.717, 1.165) is 38.6 Å². The van der Waals surface area contributed by atoms with Gasteiger partial charge >= 0.3 is 0 Å². The van der Waals surface area contributed by atoms with E-state index >= 15 is 0 Å². The third-order valence-electron chi connectivity index (χ3n) is 5.68. The van der Waals surface area contributed by atoms with Crippen LogP contribution < -0.4 is 5.32 Å². The molecule has 0 aromatic carbocycles. The number of nitrogens with one attached hydrogen (secondary N) is 1. The van der Waals surface area contributed by atoms with Crippen molar-refractivity contribution in [1.82, 2.24) is 24.3 Å². The van der Waals surface area contributed by atoms with E-state index in [4.69, 9.17) is 4.74 Å². The Morgan fingerprint density at radius 3 is 2.42 bits per heavy atom. The summed E-state index contributed by atoms with van der Waals surface area (Å²) in [4.78, 5) is 11.5. The summed E-state index contributed by atoms with van der Waals surface area (Å²) in [6, 6.07) is 0. The second-order valence-corrected chi connectivity index (χ2v) is 10.5. The molecule has 2 aliphatic rings. The van der Waals surface area contributed by atoms with E-state index in [-0.39, 0.29) is 42.4 Å². The predicted octanol–water partition coefficient (Wildman–Crippen LogP) is 0.580. The van der Waals surface area contributed by atoms with Crippen LogP contribution in [0.15, 0.2) is 4.99 Å². The zero-order valence-electron chi connectivity index (χ0n) is 19.8. The molecule has 0 aromatic heterocycles. The normalized spacial score (nSPS) is 20.5. The molecule has 0 bridgehead atoms. The van der Waals surface area contributed by atoms with Gasteiger partial charge in [-0.3, -0.25) is 4.99 Å². The van der Waals surface area contributed by atoms with Crippen molar-refractivity contribution in [3.05, 3.63) is 0 Å². The summed E-state index contributed by atoms with van der Waals surface area (Å²) in [6.45, 7) is 13.0.